The lowest BCUT2D eigenvalue weighted by Crippen LogP contribution is -2.26. The molecule has 0 aliphatic carbocycles. The van der Waals surface area contributed by atoms with Gasteiger partial charge in [0.2, 0.25) is 0 Å². The fourth-order valence-corrected chi connectivity index (χ4v) is 0.945. The van der Waals surface area contributed by atoms with Crippen LogP contribution in [-0.4, -0.2) is 0 Å². The Balaban J connectivity index is 3.04. The van der Waals surface area contributed by atoms with E-state index in [2.05, 4.69) is 0 Å². The molecule has 2 nitrogen and oxygen atoms in total. The van der Waals surface area contributed by atoms with Crippen LogP contribution in [-0.2, 0) is 5.88 Å². The van der Waals surface area contributed by atoms with E-state index >= 15 is 0 Å². The molecule has 1 rings (SSSR count). The van der Waals surface area contributed by atoms with Crippen molar-refractivity contribution in [1.82, 2.24) is 0 Å². The summed E-state index contributed by atoms with van der Waals surface area (Å²) >= 11 is 11.0. The van der Waals surface area contributed by atoms with Crippen molar-refractivity contribution in [3.63, 3.8) is 0 Å². The van der Waals surface area contributed by atoms with Crippen molar-refractivity contribution < 1.29 is 4.73 Å². The summed E-state index contributed by atoms with van der Waals surface area (Å²) in [6.07, 6.45) is 1.33. The van der Waals surface area contributed by atoms with Gasteiger partial charge in [0.15, 0.2) is 6.20 Å². The molecule has 0 aliphatic heterocycles. The van der Waals surface area contributed by atoms with E-state index in [0.29, 0.717) is 10.6 Å². The van der Waals surface area contributed by atoms with Crippen LogP contribution in [0.25, 0.3) is 0 Å². The quantitative estimate of drug-likeness (QED) is 0.278. The highest BCUT2D eigenvalue weighted by Gasteiger charge is 2.00. The lowest BCUT2D eigenvalue weighted by atomic mass is 10.3. The highest BCUT2D eigenvalue weighted by molar-refractivity contribution is 6.28. The second-order valence-electron chi connectivity index (χ2n) is 1.82. The van der Waals surface area contributed by atoms with Gasteiger partial charge >= 0.3 is 0 Å². The Hall–Kier alpha value is -0.470. The van der Waals surface area contributed by atoms with Gasteiger partial charge < -0.3 is 5.21 Å². The molecule has 54 valence electrons. The number of alkyl halides is 1. The topological polar surface area (TPSA) is 26.9 Å². The lowest BCUT2D eigenvalue weighted by molar-refractivity contribution is -0.603. The van der Waals surface area contributed by atoms with Crippen molar-refractivity contribution in [1.29, 1.82) is 0 Å². The molecule has 0 amide bonds. The summed E-state index contributed by atoms with van der Waals surface area (Å²) in [7, 11) is 0. The third-order valence-corrected chi connectivity index (χ3v) is 1.68. The summed E-state index contributed by atoms with van der Waals surface area (Å²) in [5.41, 5.74) is 0.846. The number of nitrogens with zero attached hydrogens (tertiary/aromatic N) is 1. The van der Waals surface area contributed by atoms with Crippen molar-refractivity contribution in [2.24, 2.45) is 0 Å². The third kappa shape index (κ3) is 1.52. The molecule has 0 spiro atoms. The van der Waals surface area contributed by atoms with Gasteiger partial charge in [-0.05, 0) is 17.2 Å². The summed E-state index contributed by atoms with van der Waals surface area (Å²) in [6, 6.07) is 3.17. The summed E-state index contributed by atoms with van der Waals surface area (Å²) in [5, 5.41) is 10.8. The van der Waals surface area contributed by atoms with Crippen molar-refractivity contribution in [3.8, 4) is 0 Å². The molecular weight excluding hydrogens is 173 g/mol. The van der Waals surface area contributed by atoms with Crippen LogP contribution in [0.5, 0.6) is 0 Å². The molecule has 0 bridgehead atoms. The predicted molar refractivity (Wildman–Crippen MR) is 40.0 cm³/mol. The van der Waals surface area contributed by atoms with Gasteiger partial charge in [-0.2, -0.15) is 4.73 Å². The van der Waals surface area contributed by atoms with Gasteiger partial charge in [0.05, 0.1) is 0 Å². The second kappa shape index (κ2) is 3.08. The Labute approximate surface area is 68.6 Å². The molecule has 4 heteroatoms. The van der Waals surface area contributed by atoms with Gasteiger partial charge in [-0.3, -0.25) is 0 Å². The normalized spacial score (nSPS) is 9.80. The summed E-state index contributed by atoms with van der Waals surface area (Å²) in [5.74, 6) is 0.376. The predicted octanol–water partition coefficient (Wildman–Crippen LogP) is 1.71. The molecule has 1 aromatic heterocycles. The molecule has 0 unspecified atom stereocenters. The van der Waals surface area contributed by atoms with E-state index in [1.54, 1.807) is 12.1 Å². The first-order valence-electron chi connectivity index (χ1n) is 2.67. The van der Waals surface area contributed by atoms with Gasteiger partial charge in [-0.1, -0.05) is 0 Å². The minimum Gasteiger partial charge on any atom is -0.618 e. The zero-order valence-electron chi connectivity index (χ0n) is 5.05. The maximum Gasteiger partial charge on any atom is 0.286 e. The Bertz CT molecular complexity index is 239. The average Bonchev–Trinajstić information content (AvgIpc) is 1.95. The number of hydrogen-bond acceptors (Lipinski definition) is 1. The van der Waals surface area contributed by atoms with Crippen LogP contribution in [0.15, 0.2) is 18.3 Å². The average molecular weight is 178 g/mol. The number of aromatic nitrogens is 1. The van der Waals surface area contributed by atoms with Crippen LogP contribution in [0.1, 0.15) is 5.56 Å². The SMILES string of the molecule is [O-][n+]1ccc(CCl)cc1Cl. The Morgan fingerprint density at radius 1 is 1.60 bits per heavy atom. The van der Waals surface area contributed by atoms with E-state index in [-0.39, 0.29) is 5.15 Å². The monoisotopic (exact) mass is 177 g/mol. The first kappa shape index (κ1) is 7.63. The highest BCUT2D eigenvalue weighted by Crippen LogP contribution is 2.06. The van der Waals surface area contributed by atoms with E-state index in [9.17, 15) is 5.21 Å². The molecule has 0 atom stereocenters. The van der Waals surface area contributed by atoms with E-state index in [1.807, 2.05) is 0 Å². The smallest absolute Gasteiger partial charge is 0.286 e. The number of pyridine rings is 1. The van der Waals surface area contributed by atoms with Crippen molar-refractivity contribution in [2.45, 2.75) is 5.88 Å². The van der Waals surface area contributed by atoms with Gasteiger partial charge in [-0.25, -0.2) is 0 Å². The zero-order chi connectivity index (χ0) is 7.56. The van der Waals surface area contributed by atoms with Crippen LogP contribution >= 0.6 is 23.2 Å². The number of halogens is 2. The van der Waals surface area contributed by atoms with Crippen molar-refractivity contribution in [2.75, 3.05) is 0 Å². The van der Waals surface area contributed by atoms with Crippen LogP contribution in [0.2, 0.25) is 5.15 Å². The first-order chi connectivity index (χ1) is 4.74. The fourth-order valence-electron chi connectivity index (χ4n) is 0.582. The van der Waals surface area contributed by atoms with Crippen molar-refractivity contribution in [3.05, 3.63) is 34.3 Å². The standard InChI is InChI=1S/C6H5Cl2NO/c7-4-5-1-2-9(10)6(8)3-5/h1-3H,4H2. The molecule has 0 aliphatic rings. The van der Waals surface area contributed by atoms with Gasteiger partial charge in [-0.15, -0.1) is 11.6 Å². The molecular formula is C6H5Cl2NO. The minimum absolute atomic E-state index is 0.151. The molecule has 0 saturated carbocycles. The maximum atomic E-state index is 10.6. The van der Waals surface area contributed by atoms with Crippen LogP contribution in [0.4, 0.5) is 0 Å². The van der Waals surface area contributed by atoms with Crippen LogP contribution in [0.3, 0.4) is 0 Å². The molecule has 0 fully saturated rings. The van der Waals surface area contributed by atoms with E-state index in [1.165, 1.54) is 6.20 Å². The molecule has 0 aromatic carbocycles. The minimum atomic E-state index is 0.151. The second-order valence-corrected chi connectivity index (χ2v) is 2.47. The Morgan fingerprint density at radius 3 is 2.80 bits per heavy atom. The van der Waals surface area contributed by atoms with Crippen molar-refractivity contribution >= 4 is 23.2 Å². The third-order valence-electron chi connectivity index (χ3n) is 1.09. The Morgan fingerprint density at radius 2 is 2.30 bits per heavy atom. The highest BCUT2D eigenvalue weighted by atomic mass is 35.5. The summed E-state index contributed by atoms with van der Waals surface area (Å²) < 4.78 is 0.581. The molecule has 0 saturated heterocycles. The van der Waals surface area contributed by atoms with Gasteiger partial charge in [0.1, 0.15) is 0 Å². The molecule has 10 heavy (non-hydrogen) atoms. The van der Waals surface area contributed by atoms with Crippen LogP contribution < -0.4 is 4.73 Å². The van der Waals surface area contributed by atoms with Gasteiger partial charge in [0.25, 0.3) is 5.15 Å². The summed E-state index contributed by atoms with van der Waals surface area (Å²) in [6.45, 7) is 0. The zero-order valence-corrected chi connectivity index (χ0v) is 6.56. The van der Waals surface area contributed by atoms with Crippen LogP contribution in [0, 0.1) is 5.21 Å². The lowest BCUT2D eigenvalue weighted by Gasteiger charge is -1.98. The molecule has 1 aromatic rings. The fraction of sp³-hybridized carbons (Fsp3) is 0.167. The molecule has 0 radical (unpaired) electrons. The van der Waals surface area contributed by atoms with E-state index in [0.717, 1.165) is 5.56 Å². The largest absolute Gasteiger partial charge is 0.618 e. The first-order valence-corrected chi connectivity index (χ1v) is 3.59. The number of rotatable bonds is 1. The van der Waals surface area contributed by atoms with E-state index < -0.39 is 0 Å². The van der Waals surface area contributed by atoms with E-state index in [4.69, 9.17) is 23.2 Å². The van der Waals surface area contributed by atoms with Gasteiger partial charge in [0, 0.05) is 18.0 Å². The maximum absolute atomic E-state index is 10.6. The molecule has 0 N–H and O–H groups in total. The molecule has 1 heterocycles. The summed E-state index contributed by atoms with van der Waals surface area (Å²) in [4.78, 5) is 0. The number of hydrogen-bond donors (Lipinski definition) is 0. The Kier molecular flexibility index (Phi) is 2.35.